The number of amides is 2. The Morgan fingerprint density at radius 3 is 2.14 bits per heavy atom. The standard InChI is InChI=1S/C31H38N2O3/c1-22(2)27-14-16-28(17-15-27)36-21-30(34)33(20-26-13-9-10-24(5)18-26)29(31(35)32-23(3)4)19-25-11-7-6-8-12-25/h6-18,22-23,29H,19-21H2,1-5H3,(H,32,35). The van der Waals surface area contributed by atoms with E-state index in [9.17, 15) is 9.59 Å². The van der Waals surface area contributed by atoms with Crippen LogP contribution in [-0.2, 0) is 22.6 Å². The Labute approximate surface area is 215 Å². The van der Waals surface area contributed by atoms with Gasteiger partial charge in [0.05, 0.1) is 0 Å². The fourth-order valence-electron chi connectivity index (χ4n) is 4.12. The van der Waals surface area contributed by atoms with Gasteiger partial charge in [-0.3, -0.25) is 9.59 Å². The Morgan fingerprint density at radius 1 is 0.861 bits per heavy atom. The molecular weight excluding hydrogens is 448 g/mol. The van der Waals surface area contributed by atoms with Crippen LogP contribution in [0.3, 0.4) is 0 Å². The zero-order valence-corrected chi connectivity index (χ0v) is 22.0. The lowest BCUT2D eigenvalue weighted by atomic mass is 10.0. The highest BCUT2D eigenvalue weighted by Gasteiger charge is 2.31. The molecule has 0 aliphatic carbocycles. The average Bonchev–Trinajstić information content (AvgIpc) is 2.85. The van der Waals surface area contributed by atoms with E-state index >= 15 is 0 Å². The van der Waals surface area contributed by atoms with E-state index in [0.29, 0.717) is 24.6 Å². The lowest BCUT2D eigenvalue weighted by Gasteiger charge is -2.32. The Kier molecular flexibility index (Phi) is 9.69. The Hall–Kier alpha value is -3.60. The minimum atomic E-state index is -0.672. The lowest BCUT2D eigenvalue weighted by Crippen LogP contribution is -2.52. The number of hydrogen-bond donors (Lipinski definition) is 1. The second kappa shape index (κ2) is 12.9. The van der Waals surface area contributed by atoms with Crippen LogP contribution >= 0.6 is 0 Å². The molecule has 0 heterocycles. The molecule has 1 atom stereocenters. The van der Waals surface area contributed by atoms with E-state index in [4.69, 9.17) is 4.74 Å². The molecular formula is C31H38N2O3. The predicted octanol–water partition coefficient (Wildman–Crippen LogP) is 5.66. The van der Waals surface area contributed by atoms with E-state index in [1.807, 2.05) is 99.6 Å². The molecule has 1 unspecified atom stereocenters. The van der Waals surface area contributed by atoms with Crippen LogP contribution in [0, 0.1) is 6.92 Å². The van der Waals surface area contributed by atoms with Gasteiger partial charge in [-0.15, -0.1) is 0 Å². The van der Waals surface area contributed by atoms with Gasteiger partial charge in [0.2, 0.25) is 5.91 Å². The highest BCUT2D eigenvalue weighted by Crippen LogP contribution is 2.20. The van der Waals surface area contributed by atoms with Crippen molar-refractivity contribution in [3.63, 3.8) is 0 Å². The molecule has 5 nitrogen and oxygen atoms in total. The molecule has 2 amide bonds. The van der Waals surface area contributed by atoms with Gasteiger partial charge in [-0.2, -0.15) is 0 Å². The van der Waals surface area contributed by atoms with Gasteiger partial charge in [-0.1, -0.05) is 86.1 Å². The maximum Gasteiger partial charge on any atom is 0.261 e. The van der Waals surface area contributed by atoms with Crippen molar-refractivity contribution in [3.8, 4) is 5.75 Å². The zero-order chi connectivity index (χ0) is 26.1. The van der Waals surface area contributed by atoms with Crippen molar-refractivity contribution in [1.29, 1.82) is 0 Å². The first-order chi connectivity index (χ1) is 17.2. The number of carbonyl (C=O) groups is 2. The first-order valence-corrected chi connectivity index (χ1v) is 12.6. The third-order valence-corrected chi connectivity index (χ3v) is 6.05. The highest BCUT2D eigenvalue weighted by atomic mass is 16.5. The largest absolute Gasteiger partial charge is 0.484 e. The van der Waals surface area contributed by atoms with Crippen LogP contribution in [0.5, 0.6) is 5.75 Å². The number of ether oxygens (including phenoxy) is 1. The SMILES string of the molecule is Cc1cccc(CN(C(=O)COc2ccc(C(C)C)cc2)C(Cc2ccccc2)C(=O)NC(C)C)c1. The predicted molar refractivity (Wildman–Crippen MR) is 145 cm³/mol. The Morgan fingerprint density at radius 2 is 1.53 bits per heavy atom. The van der Waals surface area contributed by atoms with E-state index in [1.165, 1.54) is 5.56 Å². The molecule has 0 saturated carbocycles. The summed E-state index contributed by atoms with van der Waals surface area (Å²) in [6, 6.07) is 24.9. The number of benzene rings is 3. The first-order valence-electron chi connectivity index (χ1n) is 12.6. The van der Waals surface area contributed by atoms with Crippen LogP contribution in [0.1, 0.15) is 55.9 Å². The van der Waals surface area contributed by atoms with Gasteiger partial charge in [-0.25, -0.2) is 0 Å². The average molecular weight is 487 g/mol. The summed E-state index contributed by atoms with van der Waals surface area (Å²) >= 11 is 0. The smallest absolute Gasteiger partial charge is 0.261 e. The first kappa shape index (κ1) is 27.0. The maximum absolute atomic E-state index is 13.6. The number of hydrogen-bond acceptors (Lipinski definition) is 3. The fraction of sp³-hybridized carbons (Fsp3) is 0.355. The summed E-state index contributed by atoms with van der Waals surface area (Å²) in [5.41, 5.74) is 4.28. The third kappa shape index (κ3) is 7.98. The minimum Gasteiger partial charge on any atom is -0.484 e. The van der Waals surface area contributed by atoms with Gasteiger partial charge in [0, 0.05) is 19.0 Å². The van der Waals surface area contributed by atoms with Gasteiger partial charge in [0.15, 0.2) is 6.61 Å². The fourth-order valence-corrected chi connectivity index (χ4v) is 4.12. The van der Waals surface area contributed by atoms with Crippen molar-refractivity contribution in [2.45, 2.75) is 65.6 Å². The topological polar surface area (TPSA) is 58.6 Å². The van der Waals surface area contributed by atoms with Gasteiger partial charge in [0.25, 0.3) is 5.91 Å². The summed E-state index contributed by atoms with van der Waals surface area (Å²) in [5, 5.41) is 3.01. The summed E-state index contributed by atoms with van der Waals surface area (Å²) in [7, 11) is 0. The Bertz CT molecular complexity index is 1120. The van der Waals surface area contributed by atoms with Gasteiger partial charge in [0.1, 0.15) is 11.8 Å². The van der Waals surface area contributed by atoms with Crippen molar-refractivity contribution in [3.05, 3.63) is 101 Å². The summed E-state index contributed by atoms with van der Waals surface area (Å²) in [6.07, 6.45) is 0.417. The number of rotatable bonds is 11. The van der Waals surface area contributed by atoms with E-state index in [-0.39, 0.29) is 24.5 Å². The zero-order valence-electron chi connectivity index (χ0n) is 22.0. The van der Waals surface area contributed by atoms with Crippen molar-refractivity contribution in [1.82, 2.24) is 10.2 Å². The molecule has 3 aromatic rings. The summed E-state index contributed by atoms with van der Waals surface area (Å²) < 4.78 is 5.88. The molecule has 0 spiro atoms. The normalized spacial score (nSPS) is 11.9. The van der Waals surface area contributed by atoms with Gasteiger partial charge in [-0.05, 0) is 55.5 Å². The molecule has 0 aliphatic heterocycles. The van der Waals surface area contributed by atoms with Crippen molar-refractivity contribution in [2.75, 3.05) is 6.61 Å². The molecule has 0 aromatic heterocycles. The van der Waals surface area contributed by atoms with Crippen LogP contribution in [0.4, 0.5) is 0 Å². The molecule has 3 aromatic carbocycles. The molecule has 0 radical (unpaired) electrons. The van der Waals surface area contributed by atoms with E-state index in [2.05, 4.69) is 19.2 Å². The number of nitrogens with zero attached hydrogens (tertiary/aromatic N) is 1. The van der Waals surface area contributed by atoms with Gasteiger partial charge >= 0.3 is 0 Å². The van der Waals surface area contributed by atoms with E-state index in [0.717, 1.165) is 16.7 Å². The second-order valence-corrected chi connectivity index (χ2v) is 9.89. The van der Waals surface area contributed by atoms with Crippen LogP contribution in [0.15, 0.2) is 78.9 Å². The molecule has 3 rings (SSSR count). The van der Waals surface area contributed by atoms with Crippen LogP contribution in [-0.4, -0.2) is 35.4 Å². The van der Waals surface area contributed by atoms with Gasteiger partial charge < -0.3 is 15.0 Å². The molecule has 1 N–H and O–H groups in total. The summed E-state index contributed by atoms with van der Waals surface area (Å²) in [6.45, 7) is 10.3. The molecule has 0 bridgehead atoms. The van der Waals surface area contributed by atoms with Crippen molar-refractivity contribution >= 4 is 11.8 Å². The quantitative estimate of drug-likeness (QED) is 0.380. The summed E-state index contributed by atoms with van der Waals surface area (Å²) in [4.78, 5) is 28.7. The van der Waals surface area contributed by atoms with Crippen LogP contribution < -0.4 is 10.1 Å². The molecule has 36 heavy (non-hydrogen) atoms. The molecule has 190 valence electrons. The molecule has 0 aliphatic rings. The minimum absolute atomic E-state index is 0.0394. The molecule has 0 fully saturated rings. The van der Waals surface area contributed by atoms with Crippen molar-refractivity contribution in [2.24, 2.45) is 0 Å². The Balaban J connectivity index is 1.88. The van der Waals surface area contributed by atoms with E-state index in [1.54, 1.807) is 4.90 Å². The third-order valence-electron chi connectivity index (χ3n) is 6.05. The van der Waals surface area contributed by atoms with Crippen LogP contribution in [0.25, 0.3) is 0 Å². The van der Waals surface area contributed by atoms with Crippen molar-refractivity contribution < 1.29 is 14.3 Å². The van der Waals surface area contributed by atoms with E-state index < -0.39 is 6.04 Å². The number of carbonyl (C=O) groups excluding carboxylic acids is 2. The van der Waals surface area contributed by atoms with Crippen LogP contribution in [0.2, 0.25) is 0 Å². The molecule has 5 heteroatoms. The lowest BCUT2D eigenvalue weighted by molar-refractivity contribution is -0.143. The monoisotopic (exact) mass is 486 g/mol. The summed E-state index contributed by atoms with van der Waals surface area (Å²) in [5.74, 6) is 0.652. The number of aryl methyl sites for hydroxylation is 1. The highest BCUT2D eigenvalue weighted by molar-refractivity contribution is 5.88. The second-order valence-electron chi connectivity index (χ2n) is 9.89. The maximum atomic E-state index is 13.6. The molecule has 0 saturated heterocycles. The number of nitrogens with one attached hydrogen (secondary N) is 1.